The summed E-state index contributed by atoms with van der Waals surface area (Å²) in [7, 11) is 0. The van der Waals surface area contributed by atoms with Crippen molar-refractivity contribution in [3.63, 3.8) is 0 Å². The van der Waals surface area contributed by atoms with Crippen LogP contribution in [0.4, 0.5) is 5.69 Å². The summed E-state index contributed by atoms with van der Waals surface area (Å²) in [6.07, 6.45) is -1.05. The van der Waals surface area contributed by atoms with Gasteiger partial charge in [0.15, 0.2) is 11.5 Å². The number of hydrogen-bond acceptors (Lipinski definition) is 3. The molecule has 1 aliphatic rings. The van der Waals surface area contributed by atoms with Crippen LogP contribution in [0.15, 0.2) is 48.5 Å². The number of amides is 1. The fraction of sp³-hybridized carbons (Fsp3) is 0.350. The lowest BCUT2D eigenvalue weighted by Crippen LogP contribution is -2.46. The second-order valence-corrected chi connectivity index (χ2v) is 7.09. The Labute approximate surface area is 142 Å². The third-order valence-electron chi connectivity index (χ3n) is 4.09. The minimum absolute atomic E-state index is 0.0635. The maximum atomic E-state index is 12.8. The van der Waals surface area contributed by atoms with E-state index in [4.69, 9.17) is 9.47 Å². The van der Waals surface area contributed by atoms with Crippen molar-refractivity contribution in [2.45, 2.75) is 45.3 Å². The summed E-state index contributed by atoms with van der Waals surface area (Å²) in [6.45, 7) is 8.21. The van der Waals surface area contributed by atoms with Crippen LogP contribution >= 0.6 is 0 Å². The van der Waals surface area contributed by atoms with E-state index in [1.165, 1.54) is 0 Å². The topological polar surface area (TPSA) is 47.6 Å². The molecular weight excluding hydrogens is 302 g/mol. The summed E-state index contributed by atoms with van der Waals surface area (Å²) in [6, 6.07) is 15.3. The van der Waals surface area contributed by atoms with E-state index in [0.717, 1.165) is 11.3 Å². The van der Waals surface area contributed by atoms with Gasteiger partial charge in [0.05, 0.1) is 0 Å². The van der Waals surface area contributed by atoms with Crippen LogP contribution in [0.25, 0.3) is 0 Å². The van der Waals surface area contributed by atoms with Crippen LogP contribution in [0, 0.1) is 0 Å². The predicted octanol–water partition coefficient (Wildman–Crippen LogP) is 4.15. The van der Waals surface area contributed by atoms with Crippen molar-refractivity contribution in [3.05, 3.63) is 54.1 Å². The van der Waals surface area contributed by atoms with Gasteiger partial charge in [0.1, 0.15) is 6.10 Å². The highest BCUT2D eigenvalue weighted by Crippen LogP contribution is 2.34. The largest absolute Gasteiger partial charge is 0.482 e. The molecular formula is C20H23NO3. The van der Waals surface area contributed by atoms with Crippen molar-refractivity contribution in [2.75, 3.05) is 5.32 Å². The van der Waals surface area contributed by atoms with Crippen LogP contribution in [0.3, 0.4) is 0 Å². The van der Waals surface area contributed by atoms with Gasteiger partial charge in [-0.1, -0.05) is 51.1 Å². The number of anilines is 1. The Morgan fingerprint density at radius 3 is 2.21 bits per heavy atom. The Balaban J connectivity index is 1.82. The van der Waals surface area contributed by atoms with Crippen LogP contribution in [0.5, 0.6) is 11.5 Å². The maximum absolute atomic E-state index is 12.8. The minimum atomic E-state index is -0.687. The van der Waals surface area contributed by atoms with E-state index in [9.17, 15) is 4.79 Å². The third-order valence-corrected chi connectivity index (χ3v) is 4.09. The molecule has 126 valence electrons. The van der Waals surface area contributed by atoms with Crippen molar-refractivity contribution in [1.29, 1.82) is 0 Å². The number of carbonyl (C=O) groups excluding carboxylic acids is 1. The second kappa shape index (κ2) is 6.19. The van der Waals surface area contributed by atoms with E-state index >= 15 is 0 Å². The molecule has 2 aromatic rings. The van der Waals surface area contributed by atoms with Gasteiger partial charge in [-0.2, -0.15) is 0 Å². The standard InChI is InChI=1S/C20H23NO3/c1-13-18(24-17-12-8-7-11-16(17)23-13)19(22)21-15-10-6-5-9-14(15)20(2,3)4/h5-13,18H,1-4H3,(H,21,22)/t13-,18+/m0/s1. The van der Waals surface area contributed by atoms with E-state index in [0.29, 0.717) is 11.5 Å². The number of benzene rings is 2. The molecule has 4 nitrogen and oxygen atoms in total. The van der Waals surface area contributed by atoms with Crippen LogP contribution in [-0.2, 0) is 10.2 Å². The first-order chi connectivity index (χ1) is 11.4. The molecule has 0 spiro atoms. The number of carbonyl (C=O) groups is 1. The molecule has 0 unspecified atom stereocenters. The maximum Gasteiger partial charge on any atom is 0.269 e. The molecule has 0 aromatic heterocycles. The molecule has 3 rings (SSSR count). The van der Waals surface area contributed by atoms with Gasteiger partial charge >= 0.3 is 0 Å². The highest BCUT2D eigenvalue weighted by Gasteiger charge is 2.34. The van der Waals surface area contributed by atoms with Crippen molar-refractivity contribution in [1.82, 2.24) is 0 Å². The van der Waals surface area contributed by atoms with Gasteiger partial charge in [-0.15, -0.1) is 0 Å². The van der Waals surface area contributed by atoms with E-state index in [2.05, 4.69) is 26.1 Å². The molecule has 0 bridgehead atoms. The molecule has 4 heteroatoms. The summed E-state index contributed by atoms with van der Waals surface area (Å²) < 4.78 is 11.7. The summed E-state index contributed by atoms with van der Waals surface area (Å²) in [5.74, 6) is 1.07. The molecule has 0 saturated heterocycles. The summed E-state index contributed by atoms with van der Waals surface area (Å²) in [5, 5.41) is 3.00. The minimum Gasteiger partial charge on any atom is -0.482 e. The number of rotatable bonds is 2. The Morgan fingerprint density at radius 2 is 1.54 bits per heavy atom. The molecule has 0 saturated carbocycles. The fourth-order valence-corrected chi connectivity index (χ4v) is 2.86. The first kappa shape index (κ1) is 16.4. The summed E-state index contributed by atoms with van der Waals surface area (Å²) in [5.41, 5.74) is 1.83. The Kier molecular flexibility index (Phi) is 4.22. The number of fused-ring (bicyclic) bond motifs is 1. The van der Waals surface area contributed by atoms with E-state index in [-0.39, 0.29) is 17.4 Å². The molecule has 24 heavy (non-hydrogen) atoms. The molecule has 0 aliphatic carbocycles. The molecule has 2 aromatic carbocycles. The molecule has 1 amide bonds. The number of hydrogen-bond donors (Lipinski definition) is 1. The number of para-hydroxylation sites is 3. The highest BCUT2D eigenvalue weighted by molar-refractivity contribution is 5.95. The van der Waals surface area contributed by atoms with E-state index in [1.807, 2.05) is 55.5 Å². The SMILES string of the molecule is C[C@@H]1Oc2ccccc2O[C@H]1C(=O)Nc1ccccc1C(C)(C)C. The van der Waals surface area contributed by atoms with Gasteiger partial charge in [0, 0.05) is 5.69 Å². The smallest absolute Gasteiger partial charge is 0.269 e. The fourth-order valence-electron chi connectivity index (χ4n) is 2.86. The lowest BCUT2D eigenvalue weighted by molar-refractivity contribution is -0.128. The van der Waals surface area contributed by atoms with Gasteiger partial charge < -0.3 is 14.8 Å². The Morgan fingerprint density at radius 1 is 0.958 bits per heavy atom. The number of nitrogens with one attached hydrogen (secondary N) is 1. The normalized spacial score (nSPS) is 19.7. The molecule has 1 N–H and O–H groups in total. The molecule has 0 radical (unpaired) electrons. The first-order valence-corrected chi connectivity index (χ1v) is 8.19. The average molecular weight is 325 g/mol. The average Bonchev–Trinajstić information content (AvgIpc) is 2.53. The van der Waals surface area contributed by atoms with Crippen LogP contribution < -0.4 is 14.8 Å². The van der Waals surface area contributed by atoms with E-state index < -0.39 is 6.10 Å². The molecule has 1 heterocycles. The molecule has 2 atom stereocenters. The van der Waals surface area contributed by atoms with E-state index in [1.54, 1.807) is 0 Å². The van der Waals surface area contributed by atoms with Gasteiger partial charge in [-0.3, -0.25) is 4.79 Å². The predicted molar refractivity (Wildman–Crippen MR) is 94.7 cm³/mol. The summed E-state index contributed by atoms with van der Waals surface area (Å²) in [4.78, 5) is 12.8. The van der Waals surface area contributed by atoms with Crippen LogP contribution in [0.1, 0.15) is 33.3 Å². The summed E-state index contributed by atoms with van der Waals surface area (Å²) >= 11 is 0. The van der Waals surface area contributed by atoms with Gasteiger partial charge in [-0.25, -0.2) is 0 Å². The third kappa shape index (κ3) is 3.23. The van der Waals surface area contributed by atoms with Gasteiger partial charge in [-0.05, 0) is 36.1 Å². The van der Waals surface area contributed by atoms with Crippen molar-refractivity contribution in [3.8, 4) is 11.5 Å². The Hall–Kier alpha value is -2.49. The van der Waals surface area contributed by atoms with Gasteiger partial charge in [0.2, 0.25) is 6.10 Å². The highest BCUT2D eigenvalue weighted by atomic mass is 16.6. The zero-order chi connectivity index (χ0) is 17.3. The van der Waals surface area contributed by atoms with Crippen LogP contribution in [0.2, 0.25) is 0 Å². The lowest BCUT2D eigenvalue weighted by Gasteiger charge is -2.31. The van der Waals surface area contributed by atoms with Gasteiger partial charge in [0.25, 0.3) is 5.91 Å². The monoisotopic (exact) mass is 325 g/mol. The van der Waals surface area contributed by atoms with Crippen molar-refractivity contribution in [2.24, 2.45) is 0 Å². The molecule has 0 fully saturated rings. The first-order valence-electron chi connectivity index (χ1n) is 8.19. The van der Waals surface area contributed by atoms with Crippen LogP contribution in [-0.4, -0.2) is 18.1 Å². The van der Waals surface area contributed by atoms with Crippen molar-refractivity contribution < 1.29 is 14.3 Å². The Bertz CT molecular complexity index is 749. The quantitative estimate of drug-likeness (QED) is 0.902. The lowest BCUT2D eigenvalue weighted by atomic mass is 9.86. The number of ether oxygens (including phenoxy) is 2. The second-order valence-electron chi connectivity index (χ2n) is 7.09. The molecule has 1 aliphatic heterocycles. The zero-order valence-electron chi connectivity index (χ0n) is 14.5. The zero-order valence-corrected chi connectivity index (χ0v) is 14.5. The van der Waals surface area contributed by atoms with Crippen molar-refractivity contribution >= 4 is 11.6 Å².